The monoisotopic (exact) mass is 517 g/mol. The molecule has 3 N–H and O–H groups in total. The molecule has 4 aromatic heterocycles. The Morgan fingerprint density at radius 2 is 1.95 bits per heavy atom. The minimum Gasteiger partial charge on any atom is -0.494 e. The molecule has 1 aromatic carbocycles. The van der Waals surface area contributed by atoms with Crippen molar-refractivity contribution in [3.8, 4) is 23.2 Å². The molecule has 0 saturated carbocycles. The molecule has 5 rings (SSSR count). The van der Waals surface area contributed by atoms with Crippen molar-refractivity contribution in [2.24, 2.45) is 7.05 Å². The van der Waals surface area contributed by atoms with E-state index in [9.17, 15) is 14.0 Å². The summed E-state index contributed by atoms with van der Waals surface area (Å²) in [6.07, 6.45) is -2.17. The molecule has 0 saturated heterocycles. The second-order valence-electron chi connectivity index (χ2n) is 8.08. The maximum absolute atomic E-state index is 13.5. The van der Waals surface area contributed by atoms with Crippen LogP contribution in [0.15, 0.2) is 36.4 Å². The van der Waals surface area contributed by atoms with Gasteiger partial charge in [0.05, 0.1) is 31.1 Å². The summed E-state index contributed by atoms with van der Waals surface area (Å²) in [7, 11) is 3.15. The van der Waals surface area contributed by atoms with Gasteiger partial charge < -0.3 is 20.4 Å². The van der Waals surface area contributed by atoms with Crippen molar-refractivity contribution in [1.29, 1.82) is 5.26 Å². The number of methoxy groups -OCH3 is 1. The summed E-state index contributed by atoms with van der Waals surface area (Å²) < 4.78 is 32.6. The van der Waals surface area contributed by atoms with E-state index in [0.29, 0.717) is 40.8 Å². The summed E-state index contributed by atoms with van der Waals surface area (Å²) in [6, 6.07) is 12.5. The summed E-state index contributed by atoms with van der Waals surface area (Å²) in [5, 5.41) is 27.8. The Bertz CT molecular complexity index is 1670. The molecule has 0 fully saturated rings. The van der Waals surface area contributed by atoms with Gasteiger partial charge in [-0.1, -0.05) is 19.1 Å². The Morgan fingerprint density at radius 1 is 1.11 bits per heavy atom. The lowest BCUT2D eigenvalue weighted by Gasteiger charge is -2.15. The number of imidazole rings is 1. The van der Waals surface area contributed by atoms with Crippen molar-refractivity contribution < 1.29 is 13.5 Å². The normalized spacial score (nSPS) is 11.1. The Labute approximate surface area is 214 Å². The van der Waals surface area contributed by atoms with Gasteiger partial charge in [-0.3, -0.25) is 0 Å². The summed E-state index contributed by atoms with van der Waals surface area (Å²) in [4.78, 5) is 16.7. The number of nitrogens with zero attached hydrogens (tertiary/aromatic N) is 8. The van der Waals surface area contributed by atoms with Crippen LogP contribution in [0.3, 0.4) is 0 Å². The lowest BCUT2D eigenvalue weighted by Crippen LogP contribution is -2.02. The first-order valence-corrected chi connectivity index (χ1v) is 11.4. The molecular formula is C24H21F2N11O. The van der Waals surface area contributed by atoms with Gasteiger partial charge in [0.2, 0.25) is 5.82 Å². The number of H-pyrrole nitrogens is 1. The number of ether oxygens (including phenoxy) is 1. The summed E-state index contributed by atoms with van der Waals surface area (Å²) in [6.45, 7) is 1.93. The number of aryl methyl sites for hydroxylation is 2. The molecule has 12 nitrogen and oxygen atoms in total. The zero-order valence-electron chi connectivity index (χ0n) is 20.5. The number of para-hydroxylation sites is 1. The standard InChI is InChI=1S/C24H21F2N11O/c1-4-12-8-9-17(29-16(12)11-27)30-18-10-15(19-23(31-18)33-24(32-19)21(25)26)28-14-7-5-6-13(20(14)38-3)22-34-36-37(2)35-22/h5-10,21H,4H2,1-3H3,(H3,28,29,30,31,32,33). The molecule has 4 heterocycles. The first-order valence-electron chi connectivity index (χ1n) is 11.4. The summed E-state index contributed by atoms with van der Waals surface area (Å²) >= 11 is 0. The predicted molar refractivity (Wildman–Crippen MR) is 135 cm³/mol. The van der Waals surface area contributed by atoms with Gasteiger partial charge in [0.25, 0.3) is 6.43 Å². The second-order valence-corrected chi connectivity index (χ2v) is 8.08. The van der Waals surface area contributed by atoms with Gasteiger partial charge in [0.1, 0.15) is 28.9 Å². The molecule has 0 aliphatic heterocycles. The largest absolute Gasteiger partial charge is 0.494 e. The van der Waals surface area contributed by atoms with Crippen molar-refractivity contribution in [2.75, 3.05) is 17.7 Å². The van der Waals surface area contributed by atoms with Crippen LogP contribution in [0.4, 0.5) is 31.8 Å². The van der Waals surface area contributed by atoms with Gasteiger partial charge >= 0.3 is 0 Å². The molecule has 38 heavy (non-hydrogen) atoms. The SMILES string of the molecule is CCc1ccc(Nc2cc(Nc3cccc(-c4nnn(C)n4)c3OC)c3nc(C(F)F)[nH]c3n2)nc1C#N. The van der Waals surface area contributed by atoms with E-state index in [1.165, 1.54) is 11.9 Å². The van der Waals surface area contributed by atoms with Crippen LogP contribution in [0, 0.1) is 11.3 Å². The highest BCUT2D eigenvalue weighted by Gasteiger charge is 2.20. The van der Waals surface area contributed by atoms with Crippen molar-refractivity contribution >= 4 is 34.2 Å². The molecule has 0 aliphatic carbocycles. The number of anilines is 4. The first kappa shape index (κ1) is 24.5. The Kier molecular flexibility index (Phi) is 6.48. The Morgan fingerprint density at radius 3 is 2.63 bits per heavy atom. The fourth-order valence-corrected chi connectivity index (χ4v) is 3.91. The van der Waals surface area contributed by atoms with E-state index in [4.69, 9.17) is 4.74 Å². The van der Waals surface area contributed by atoms with Gasteiger partial charge in [-0.25, -0.2) is 23.7 Å². The number of benzene rings is 1. The van der Waals surface area contributed by atoms with Crippen LogP contribution in [0.5, 0.6) is 5.75 Å². The number of aromatic amines is 1. The van der Waals surface area contributed by atoms with Gasteiger partial charge in [0, 0.05) is 6.07 Å². The second kappa shape index (κ2) is 10.1. The molecule has 0 unspecified atom stereocenters. The highest BCUT2D eigenvalue weighted by atomic mass is 19.3. The van der Waals surface area contributed by atoms with Crippen molar-refractivity contribution in [2.45, 2.75) is 19.8 Å². The lowest BCUT2D eigenvalue weighted by atomic mass is 10.1. The average Bonchev–Trinajstić information content (AvgIpc) is 3.55. The van der Waals surface area contributed by atoms with E-state index >= 15 is 0 Å². The highest BCUT2D eigenvalue weighted by molar-refractivity contribution is 5.92. The van der Waals surface area contributed by atoms with Gasteiger partial charge in [-0.2, -0.15) is 10.1 Å². The smallest absolute Gasteiger partial charge is 0.295 e. The third-order valence-electron chi connectivity index (χ3n) is 5.64. The van der Waals surface area contributed by atoms with E-state index in [1.54, 1.807) is 43.4 Å². The summed E-state index contributed by atoms with van der Waals surface area (Å²) in [5.41, 5.74) is 2.88. The number of rotatable bonds is 8. The number of hydrogen-bond donors (Lipinski definition) is 3. The number of nitrogens with one attached hydrogen (secondary N) is 3. The van der Waals surface area contributed by atoms with E-state index in [2.05, 4.69) is 52.0 Å². The van der Waals surface area contributed by atoms with Crippen LogP contribution in [-0.4, -0.2) is 47.3 Å². The highest BCUT2D eigenvalue weighted by Crippen LogP contribution is 2.38. The number of aromatic nitrogens is 8. The maximum atomic E-state index is 13.5. The Balaban J connectivity index is 1.59. The number of tetrazole rings is 1. The van der Waals surface area contributed by atoms with Crippen LogP contribution >= 0.6 is 0 Å². The van der Waals surface area contributed by atoms with E-state index in [-0.39, 0.29) is 22.7 Å². The van der Waals surface area contributed by atoms with Gasteiger partial charge in [-0.15, -0.1) is 10.2 Å². The quantitative estimate of drug-likeness (QED) is 0.269. The van der Waals surface area contributed by atoms with Gasteiger partial charge in [0.15, 0.2) is 17.2 Å². The average molecular weight is 518 g/mol. The minimum atomic E-state index is -2.82. The van der Waals surface area contributed by atoms with Crippen molar-refractivity contribution in [1.82, 2.24) is 40.1 Å². The molecule has 14 heteroatoms. The third kappa shape index (κ3) is 4.64. The van der Waals surface area contributed by atoms with Crippen LogP contribution in [-0.2, 0) is 13.5 Å². The number of nitriles is 1. The number of alkyl halides is 2. The fraction of sp³-hybridized carbons (Fsp3) is 0.208. The van der Waals surface area contributed by atoms with E-state index < -0.39 is 12.2 Å². The van der Waals surface area contributed by atoms with Crippen molar-refractivity contribution in [3.63, 3.8) is 0 Å². The third-order valence-corrected chi connectivity index (χ3v) is 5.64. The van der Waals surface area contributed by atoms with Crippen molar-refractivity contribution in [3.05, 3.63) is 53.5 Å². The molecule has 0 radical (unpaired) electrons. The molecular weight excluding hydrogens is 496 g/mol. The number of fused-ring (bicyclic) bond motifs is 1. The number of halogens is 2. The minimum absolute atomic E-state index is 0.129. The topological polar surface area (TPSA) is 155 Å². The van der Waals surface area contributed by atoms with E-state index in [0.717, 1.165) is 5.56 Å². The molecule has 0 amide bonds. The molecule has 0 aliphatic rings. The first-order chi connectivity index (χ1) is 18.4. The Hall–Kier alpha value is -5.19. The number of pyridine rings is 2. The zero-order chi connectivity index (χ0) is 26.8. The van der Waals surface area contributed by atoms with Crippen LogP contribution in [0.2, 0.25) is 0 Å². The molecule has 0 atom stereocenters. The summed E-state index contributed by atoms with van der Waals surface area (Å²) in [5.74, 6) is 0.911. The molecule has 0 spiro atoms. The fourth-order valence-electron chi connectivity index (χ4n) is 3.91. The zero-order valence-corrected chi connectivity index (χ0v) is 20.5. The number of hydrogen-bond acceptors (Lipinski definition) is 10. The predicted octanol–water partition coefficient (Wildman–Crippen LogP) is 4.41. The van der Waals surface area contributed by atoms with Gasteiger partial charge in [-0.05, 0) is 35.4 Å². The maximum Gasteiger partial charge on any atom is 0.295 e. The lowest BCUT2D eigenvalue weighted by molar-refractivity contribution is 0.142. The van der Waals surface area contributed by atoms with Crippen LogP contribution in [0.25, 0.3) is 22.6 Å². The molecule has 5 aromatic rings. The van der Waals surface area contributed by atoms with Crippen LogP contribution in [0.1, 0.15) is 30.4 Å². The molecule has 192 valence electrons. The van der Waals surface area contributed by atoms with E-state index in [1.807, 2.05) is 6.92 Å². The van der Waals surface area contributed by atoms with Crippen LogP contribution < -0.4 is 15.4 Å². The molecule has 0 bridgehead atoms.